The highest BCUT2D eigenvalue weighted by atomic mass is 16.5. The Labute approximate surface area is 119 Å². The Morgan fingerprint density at radius 2 is 1.40 bits per heavy atom. The molecule has 2 aromatic rings. The van der Waals surface area contributed by atoms with E-state index in [2.05, 4.69) is 0 Å². The van der Waals surface area contributed by atoms with Crippen LogP contribution in [0.4, 0.5) is 0 Å². The summed E-state index contributed by atoms with van der Waals surface area (Å²) in [5.41, 5.74) is 1.80. The van der Waals surface area contributed by atoms with Gasteiger partial charge in [-0.1, -0.05) is 60.7 Å². The van der Waals surface area contributed by atoms with E-state index >= 15 is 0 Å². The number of methoxy groups -OCH3 is 1. The Morgan fingerprint density at radius 3 is 1.95 bits per heavy atom. The van der Waals surface area contributed by atoms with Gasteiger partial charge in [-0.05, 0) is 11.1 Å². The molecule has 0 saturated heterocycles. The van der Waals surface area contributed by atoms with Crippen LogP contribution in [0.25, 0.3) is 0 Å². The van der Waals surface area contributed by atoms with Crippen molar-refractivity contribution in [1.29, 1.82) is 0 Å². The summed E-state index contributed by atoms with van der Waals surface area (Å²) in [4.78, 5) is 0. The smallest absolute Gasteiger partial charge is 0.113 e. The van der Waals surface area contributed by atoms with Crippen LogP contribution < -0.4 is 0 Å². The molecule has 0 aliphatic carbocycles. The molecule has 106 valence electrons. The van der Waals surface area contributed by atoms with Crippen molar-refractivity contribution < 1.29 is 14.6 Å². The van der Waals surface area contributed by atoms with Crippen molar-refractivity contribution in [2.75, 3.05) is 20.3 Å². The quantitative estimate of drug-likeness (QED) is 0.787. The van der Waals surface area contributed by atoms with Gasteiger partial charge in [-0.3, -0.25) is 0 Å². The molecule has 2 aromatic carbocycles. The van der Waals surface area contributed by atoms with Crippen molar-refractivity contribution in [2.24, 2.45) is 0 Å². The average Bonchev–Trinajstić information content (AvgIpc) is 2.53. The van der Waals surface area contributed by atoms with E-state index in [4.69, 9.17) is 9.47 Å². The largest absolute Gasteiger partial charge is 0.385 e. The van der Waals surface area contributed by atoms with Gasteiger partial charge in [-0.15, -0.1) is 0 Å². The van der Waals surface area contributed by atoms with Crippen molar-refractivity contribution in [1.82, 2.24) is 0 Å². The molecule has 2 rings (SSSR count). The van der Waals surface area contributed by atoms with Crippen LogP contribution in [0, 0.1) is 0 Å². The Kier molecular flexibility index (Phi) is 5.74. The third-order valence-electron chi connectivity index (χ3n) is 3.14. The van der Waals surface area contributed by atoms with Crippen LogP contribution in [0.3, 0.4) is 0 Å². The van der Waals surface area contributed by atoms with E-state index in [1.807, 2.05) is 60.7 Å². The summed E-state index contributed by atoms with van der Waals surface area (Å²) in [6, 6.07) is 19.3. The summed E-state index contributed by atoms with van der Waals surface area (Å²) in [5.74, 6) is 0. The van der Waals surface area contributed by atoms with E-state index < -0.39 is 12.2 Å². The van der Waals surface area contributed by atoms with Crippen LogP contribution in [0.2, 0.25) is 0 Å². The molecular weight excluding hydrogens is 252 g/mol. The first-order valence-corrected chi connectivity index (χ1v) is 6.71. The van der Waals surface area contributed by atoms with E-state index in [1.54, 1.807) is 7.11 Å². The molecule has 0 bridgehead atoms. The molecule has 0 aliphatic rings. The van der Waals surface area contributed by atoms with Gasteiger partial charge in [-0.25, -0.2) is 0 Å². The predicted octanol–water partition coefficient (Wildman–Crippen LogP) is 3.12. The average molecular weight is 272 g/mol. The summed E-state index contributed by atoms with van der Waals surface area (Å²) in [6.45, 7) is 0.949. The normalized spacial score (nSPS) is 13.9. The van der Waals surface area contributed by atoms with Crippen LogP contribution >= 0.6 is 0 Å². The number of aliphatic hydroxyl groups excluding tert-OH is 1. The number of rotatable bonds is 7. The molecule has 0 heterocycles. The van der Waals surface area contributed by atoms with Gasteiger partial charge in [-0.2, -0.15) is 0 Å². The lowest BCUT2D eigenvalue weighted by atomic mass is 9.98. The standard InChI is InChI=1S/C17H20O3/c1-19-12-13-20-17(15-10-6-3-7-11-15)16(18)14-8-4-2-5-9-14/h2-11,16-18H,12-13H2,1H3/t16-,17+/m1/s1. The number of ether oxygens (including phenoxy) is 2. The molecule has 2 atom stereocenters. The predicted molar refractivity (Wildman–Crippen MR) is 78.4 cm³/mol. The van der Waals surface area contributed by atoms with E-state index in [0.717, 1.165) is 11.1 Å². The van der Waals surface area contributed by atoms with Crippen LogP contribution in [-0.2, 0) is 9.47 Å². The Morgan fingerprint density at radius 1 is 0.850 bits per heavy atom. The first-order valence-electron chi connectivity index (χ1n) is 6.71. The molecule has 0 spiro atoms. The zero-order valence-corrected chi connectivity index (χ0v) is 11.6. The highest BCUT2D eigenvalue weighted by Gasteiger charge is 2.23. The van der Waals surface area contributed by atoms with Gasteiger partial charge < -0.3 is 14.6 Å². The molecular formula is C17H20O3. The molecule has 3 nitrogen and oxygen atoms in total. The minimum absolute atomic E-state index is 0.395. The fraction of sp³-hybridized carbons (Fsp3) is 0.294. The first-order chi connectivity index (χ1) is 9.83. The van der Waals surface area contributed by atoms with E-state index in [9.17, 15) is 5.11 Å². The highest BCUT2D eigenvalue weighted by Crippen LogP contribution is 2.31. The third kappa shape index (κ3) is 3.90. The van der Waals surface area contributed by atoms with E-state index in [0.29, 0.717) is 13.2 Å². The summed E-state index contributed by atoms with van der Waals surface area (Å²) in [5, 5.41) is 10.6. The van der Waals surface area contributed by atoms with Crippen LogP contribution in [0.1, 0.15) is 23.3 Å². The fourth-order valence-corrected chi connectivity index (χ4v) is 2.10. The van der Waals surface area contributed by atoms with Crippen LogP contribution in [0.15, 0.2) is 60.7 Å². The molecule has 0 saturated carbocycles. The maximum Gasteiger partial charge on any atom is 0.113 e. The van der Waals surface area contributed by atoms with E-state index in [-0.39, 0.29) is 0 Å². The van der Waals surface area contributed by atoms with Gasteiger partial charge in [0.1, 0.15) is 12.2 Å². The maximum atomic E-state index is 10.6. The Balaban J connectivity index is 2.17. The number of hydrogen-bond acceptors (Lipinski definition) is 3. The molecule has 0 unspecified atom stereocenters. The van der Waals surface area contributed by atoms with E-state index in [1.165, 1.54) is 0 Å². The molecule has 20 heavy (non-hydrogen) atoms. The highest BCUT2D eigenvalue weighted by molar-refractivity contribution is 5.25. The van der Waals surface area contributed by atoms with Crippen molar-refractivity contribution in [3.8, 4) is 0 Å². The summed E-state index contributed by atoms with van der Waals surface area (Å²) in [7, 11) is 1.63. The van der Waals surface area contributed by atoms with Crippen molar-refractivity contribution in [2.45, 2.75) is 12.2 Å². The van der Waals surface area contributed by atoms with Crippen molar-refractivity contribution >= 4 is 0 Å². The second-order valence-electron chi connectivity index (χ2n) is 4.55. The summed E-state index contributed by atoms with van der Waals surface area (Å²) in [6.07, 6.45) is -1.09. The van der Waals surface area contributed by atoms with Gasteiger partial charge in [0.05, 0.1) is 13.2 Å². The molecule has 0 amide bonds. The van der Waals surface area contributed by atoms with Crippen molar-refractivity contribution in [3.05, 3.63) is 71.8 Å². The SMILES string of the molecule is COCCO[C@@H](c1ccccc1)[C@H](O)c1ccccc1. The van der Waals surface area contributed by atoms with Crippen LogP contribution in [0.5, 0.6) is 0 Å². The van der Waals surface area contributed by atoms with Gasteiger partial charge in [0.2, 0.25) is 0 Å². The zero-order valence-electron chi connectivity index (χ0n) is 11.6. The zero-order chi connectivity index (χ0) is 14.2. The molecule has 3 heteroatoms. The van der Waals surface area contributed by atoms with Gasteiger partial charge in [0.15, 0.2) is 0 Å². The fourth-order valence-electron chi connectivity index (χ4n) is 2.10. The lowest BCUT2D eigenvalue weighted by Gasteiger charge is -2.24. The third-order valence-corrected chi connectivity index (χ3v) is 3.14. The Hall–Kier alpha value is -1.68. The van der Waals surface area contributed by atoms with Gasteiger partial charge >= 0.3 is 0 Å². The molecule has 0 fully saturated rings. The summed E-state index contributed by atoms with van der Waals surface area (Å²) < 4.78 is 10.8. The second-order valence-corrected chi connectivity index (χ2v) is 4.55. The Bertz CT molecular complexity index is 484. The minimum atomic E-state index is -0.699. The molecule has 0 radical (unpaired) electrons. The van der Waals surface area contributed by atoms with Crippen molar-refractivity contribution in [3.63, 3.8) is 0 Å². The molecule has 1 N–H and O–H groups in total. The molecule has 0 aromatic heterocycles. The van der Waals surface area contributed by atoms with Crippen LogP contribution in [-0.4, -0.2) is 25.4 Å². The topological polar surface area (TPSA) is 38.7 Å². The number of benzene rings is 2. The van der Waals surface area contributed by atoms with Gasteiger partial charge in [0, 0.05) is 7.11 Å². The van der Waals surface area contributed by atoms with Gasteiger partial charge in [0.25, 0.3) is 0 Å². The first kappa shape index (κ1) is 14.7. The lowest BCUT2D eigenvalue weighted by molar-refractivity contribution is -0.0553. The lowest BCUT2D eigenvalue weighted by Crippen LogP contribution is -2.17. The monoisotopic (exact) mass is 272 g/mol. The number of hydrogen-bond donors (Lipinski definition) is 1. The maximum absolute atomic E-state index is 10.6. The number of aliphatic hydroxyl groups is 1. The summed E-state index contributed by atoms with van der Waals surface area (Å²) >= 11 is 0. The molecule has 0 aliphatic heterocycles. The minimum Gasteiger partial charge on any atom is -0.385 e. The second kappa shape index (κ2) is 7.80.